The zero-order chi connectivity index (χ0) is 19.2. The molecule has 1 aromatic carbocycles. The molecule has 1 aliphatic rings. The molecule has 0 spiro atoms. The molecule has 3 N–H and O–H groups in total. The highest BCUT2D eigenvalue weighted by Crippen LogP contribution is 2.16. The summed E-state index contributed by atoms with van der Waals surface area (Å²) in [6.07, 6.45) is 3.19. The molecule has 3 rings (SSSR count). The summed E-state index contributed by atoms with van der Waals surface area (Å²) < 4.78 is 4.87. The van der Waals surface area contributed by atoms with E-state index in [1.165, 1.54) is 12.5 Å². The van der Waals surface area contributed by atoms with Crippen molar-refractivity contribution in [1.29, 1.82) is 0 Å². The molecule has 140 valence electrons. The molecule has 2 heterocycles. The minimum atomic E-state index is -0.479. The lowest BCUT2D eigenvalue weighted by atomic mass is 10.2. The number of hydrogen-bond acceptors (Lipinski definition) is 5. The van der Waals surface area contributed by atoms with E-state index in [1.807, 2.05) is 0 Å². The number of carbonyl (C=O) groups is 4. The van der Waals surface area contributed by atoms with Crippen LogP contribution in [-0.2, 0) is 9.59 Å². The van der Waals surface area contributed by atoms with Crippen LogP contribution in [-0.4, -0.2) is 41.7 Å². The Balaban J connectivity index is 1.48. The second-order valence-electron chi connectivity index (χ2n) is 5.87. The Morgan fingerprint density at radius 2 is 1.74 bits per heavy atom. The number of furan rings is 1. The van der Waals surface area contributed by atoms with Gasteiger partial charge in [0.05, 0.1) is 11.8 Å². The Morgan fingerprint density at radius 1 is 1.04 bits per heavy atom. The van der Waals surface area contributed by atoms with Crippen molar-refractivity contribution in [3.05, 3.63) is 48.4 Å². The lowest BCUT2D eigenvalue weighted by molar-refractivity contribution is -0.138. The molecule has 1 aromatic heterocycles. The molecule has 2 aromatic rings. The highest BCUT2D eigenvalue weighted by Gasteiger charge is 2.28. The first-order valence-electron chi connectivity index (χ1n) is 8.34. The van der Waals surface area contributed by atoms with Gasteiger partial charge in [0.15, 0.2) is 0 Å². The first kappa shape index (κ1) is 18.2. The van der Waals surface area contributed by atoms with Crippen molar-refractivity contribution in [3.63, 3.8) is 0 Å². The van der Waals surface area contributed by atoms with Crippen LogP contribution in [0.2, 0.25) is 0 Å². The van der Waals surface area contributed by atoms with Crippen LogP contribution in [0.4, 0.5) is 16.2 Å². The second kappa shape index (κ2) is 8.17. The van der Waals surface area contributed by atoms with E-state index in [-0.39, 0.29) is 43.7 Å². The first-order valence-corrected chi connectivity index (χ1v) is 8.34. The van der Waals surface area contributed by atoms with Gasteiger partial charge in [-0.1, -0.05) is 6.07 Å². The molecule has 5 amide bonds. The summed E-state index contributed by atoms with van der Waals surface area (Å²) in [6.45, 7) is 0.298. The maximum atomic E-state index is 12.0. The maximum absolute atomic E-state index is 12.0. The van der Waals surface area contributed by atoms with Crippen LogP contribution >= 0.6 is 0 Å². The van der Waals surface area contributed by atoms with Crippen LogP contribution in [0.1, 0.15) is 23.2 Å². The summed E-state index contributed by atoms with van der Waals surface area (Å²) >= 11 is 0. The van der Waals surface area contributed by atoms with Crippen LogP contribution < -0.4 is 16.0 Å². The average Bonchev–Trinajstić information content (AvgIpc) is 3.27. The average molecular weight is 370 g/mol. The molecular weight excluding hydrogens is 352 g/mol. The van der Waals surface area contributed by atoms with E-state index in [9.17, 15) is 19.2 Å². The number of benzene rings is 1. The quantitative estimate of drug-likeness (QED) is 0.670. The summed E-state index contributed by atoms with van der Waals surface area (Å²) in [5.41, 5.74) is 1.37. The standard InChI is InChI=1S/C18H18N4O5/c23-15-4-5-16(24)22(15)8-7-19-18(26)21-14-3-1-2-13(10-14)20-17(25)12-6-9-27-11-12/h1-3,6,9-11H,4-5,7-8H2,(H,20,25)(H2,19,21,26). The largest absolute Gasteiger partial charge is 0.472 e. The number of urea groups is 1. The Hall–Kier alpha value is -3.62. The fraction of sp³-hybridized carbons (Fsp3) is 0.222. The topological polar surface area (TPSA) is 121 Å². The van der Waals surface area contributed by atoms with Crippen molar-refractivity contribution in [3.8, 4) is 0 Å². The number of hydrogen-bond donors (Lipinski definition) is 3. The van der Waals surface area contributed by atoms with Crippen molar-refractivity contribution in [2.24, 2.45) is 0 Å². The smallest absolute Gasteiger partial charge is 0.319 e. The molecule has 0 radical (unpaired) electrons. The number of likely N-dealkylation sites (tertiary alicyclic amines) is 1. The number of carbonyl (C=O) groups excluding carboxylic acids is 4. The van der Waals surface area contributed by atoms with E-state index < -0.39 is 6.03 Å². The number of anilines is 2. The molecule has 9 nitrogen and oxygen atoms in total. The normalized spacial score (nSPS) is 13.6. The lowest BCUT2D eigenvalue weighted by Crippen LogP contribution is -2.39. The molecule has 0 unspecified atom stereocenters. The number of nitrogens with one attached hydrogen (secondary N) is 3. The maximum Gasteiger partial charge on any atom is 0.319 e. The summed E-state index contributed by atoms with van der Waals surface area (Å²) in [4.78, 5) is 48.1. The fourth-order valence-electron chi connectivity index (χ4n) is 2.60. The summed E-state index contributed by atoms with van der Waals surface area (Å²) in [5, 5.41) is 7.91. The minimum absolute atomic E-state index is 0.145. The summed E-state index contributed by atoms with van der Waals surface area (Å²) in [5.74, 6) is -0.767. The van der Waals surface area contributed by atoms with Crippen LogP contribution in [0.3, 0.4) is 0 Å². The van der Waals surface area contributed by atoms with Crippen LogP contribution in [0.15, 0.2) is 47.3 Å². The molecule has 1 saturated heterocycles. The monoisotopic (exact) mass is 370 g/mol. The molecule has 0 saturated carbocycles. The van der Waals surface area contributed by atoms with E-state index in [4.69, 9.17) is 4.42 Å². The number of nitrogens with zero attached hydrogens (tertiary/aromatic N) is 1. The van der Waals surface area contributed by atoms with E-state index in [0.717, 1.165) is 4.90 Å². The molecule has 0 aliphatic carbocycles. The van der Waals surface area contributed by atoms with Gasteiger partial charge in [0.25, 0.3) is 5.91 Å². The second-order valence-corrected chi connectivity index (χ2v) is 5.87. The van der Waals surface area contributed by atoms with Gasteiger partial charge < -0.3 is 20.4 Å². The van der Waals surface area contributed by atoms with Gasteiger partial charge in [-0.3, -0.25) is 19.3 Å². The van der Waals surface area contributed by atoms with Gasteiger partial charge in [0.1, 0.15) is 6.26 Å². The zero-order valence-electron chi connectivity index (χ0n) is 14.4. The zero-order valence-corrected chi connectivity index (χ0v) is 14.4. The van der Waals surface area contributed by atoms with Gasteiger partial charge in [-0.25, -0.2) is 4.79 Å². The predicted octanol–water partition coefficient (Wildman–Crippen LogP) is 1.80. The molecule has 0 atom stereocenters. The summed E-state index contributed by atoms with van der Waals surface area (Å²) in [6, 6.07) is 7.70. The molecule has 0 bridgehead atoms. The molecule has 1 aliphatic heterocycles. The fourth-order valence-corrected chi connectivity index (χ4v) is 2.60. The number of amides is 5. The lowest BCUT2D eigenvalue weighted by Gasteiger charge is -2.14. The number of imide groups is 1. The Labute approximate surface area is 154 Å². The van der Waals surface area contributed by atoms with Crippen molar-refractivity contribution in [2.45, 2.75) is 12.8 Å². The van der Waals surface area contributed by atoms with Gasteiger partial charge in [0, 0.05) is 37.3 Å². The van der Waals surface area contributed by atoms with E-state index in [1.54, 1.807) is 30.3 Å². The van der Waals surface area contributed by atoms with E-state index in [2.05, 4.69) is 16.0 Å². The van der Waals surface area contributed by atoms with Crippen LogP contribution in [0.25, 0.3) is 0 Å². The van der Waals surface area contributed by atoms with Crippen molar-refractivity contribution < 1.29 is 23.6 Å². The number of rotatable bonds is 6. The van der Waals surface area contributed by atoms with Crippen LogP contribution in [0.5, 0.6) is 0 Å². The van der Waals surface area contributed by atoms with Gasteiger partial charge in [0.2, 0.25) is 11.8 Å². The van der Waals surface area contributed by atoms with Crippen molar-refractivity contribution in [1.82, 2.24) is 10.2 Å². The van der Waals surface area contributed by atoms with Gasteiger partial charge in [-0.15, -0.1) is 0 Å². The van der Waals surface area contributed by atoms with Gasteiger partial charge >= 0.3 is 6.03 Å². The third-order valence-corrected chi connectivity index (χ3v) is 3.94. The Kier molecular flexibility index (Phi) is 5.50. The molecular formula is C18H18N4O5. The Morgan fingerprint density at radius 3 is 2.41 bits per heavy atom. The van der Waals surface area contributed by atoms with Gasteiger partial charge in [-0.05, 0) is 24.3 Å². The van der Waals surface area contributed by atoms with Gasteiger partial charge in [-0.2, -0.15) is 0 Å². The third kappa shape index (κ3) is 4.72. The molecule has 27 heavy (non-hydrogen) atoms. The van der Waals surface area contributed by atoms with Crippen molar-refractivity contribution >= 4 is 35.1 Å². The predicted molar refractivity (Wildman–Crippen MR) is 96.1 cm³/mol. The Bertz CT molecular complexity index is 846. The van der Waals surface area contributed by atoms with Crippen LogP contribution in [0, 0.1) is 0 Å². The highest BCUT2D eigenvalue weighted by molar-refractivity contribution is 6.04. The first-order chi connectivity index (χ1) is 13.0. The third-order valence-electron chi connectivity index (χ3n) is 3.94. The van der Waals surface area contributed by atoms with Crippen molar-refractivity contribution in [2.75, 3.05) is 23.7 Å². The molecule has 1 fully saturated rings. The highest BCUT2D eigenvalue weighted by atomic mass is 16.3. The van der Waals surface area contributed by atoms with E-state index >= 15 is 0 Å². The minimum Gasteiger partial charge on any atom is -0.472 e. The SMILES string of the molecule is O=C(NCCN1C(=O)CCC1=O)Nc1cccc(NC(=O)c2ccoc2)c1. The summed E-state index contributed by atoms with van der Waals surface area (Å²) in [7, 11) is 0. The van der Waals surface area contributed by atoms with E-state index in [0.29, 0.717) is 16.9 Å². The molecule has 9 heteroatoms.